The fourth-order valence-electron chi connectivity index (χ4n) is 4.54. The summed E-state index contributed by atoms with van der Waals surface area (Å²) >= 11 is 0. The summed E-state index contributed by atoms with van der Waals surface area (Å²) in [7, 11) is -0.748. The molecule has 2 bridgehead atoms. The number of sulfone groups is 1. The van der Waals surface area contributed by atoms with Gasteiger partial charge in [-0.25, -0.2) is 8.42 Å². The first-order valence-electron chi connectivity index (χ1n) is 10.4. The highest BCUT2D eigenvalue weighted by molar-refractivity contribution is 7.92. The quantitative estimate of drug-likeness (QED) is 0.720. The first-order valence-corrected chi connectivity index (χ1v) is 11.9. The van der Waals surface area contributed by atoms with Crippen LogP contribution in [0.4, 0.5) is 0 Å². The fourth-order valence-corrected chi connectivity index (χ4v) is 6.45. The molecular weight excluding hydrogens is 414 g/mol. The van der Waals surface area contributed by atoms with Gasteiger partial charge in [0.1, 0.15) is 11.5 Å². The van der Waals surface area contributed by atoms with Crippen LogP contribution in [0.2, 0.25) is 0 Å². The van der Waals surface area contributed by atoms with E-state index < -0.39 is 32.6 Å². The number of piperidine rings is 1. The van der Waals surface area contributed by atoms with Crippen LogP contribution in [-0.2, 0) is 20.0 Å². The molecule has 0 unspecified atom stereocenters. The predicted octanol–water partition coefficient (Wildman–Crippen LogP) is 3.89. The van der Waals surface area contributed by atoms with E-state index in [-0.39, 0.29) is 10.3 Å². The van der Waals surface area contributed by atoms with Gasteiger partial charge in [-0.05, 0) is 41.7 Å². The van der Waals surface area contributed by atoms with Crippen LogP contribution in [0.5, 0.6) is 11.5 Å². The summed E-state index contributed by atoms with van der Waals surface area (Å²) < 4.78 is 38.9. The maximum Gasteiger partial charge on any atom is 0.244 e. The fraction of sp³-hybridized carbons (Fsp3) is 0.458. The van der Waals surface area contributed by atoms with Crippen molar-refractivity contribution in [2.45, 2.75) is 61.3 Å². The smallest absolute Gasteiger partial charge is 0.244 e. The number of rotatable bonds is 3. The molecule has 2 aliphatic heterocycles. The van der Waals surface area contributed by atoms with Gasteiger partial charge in [0.2, 0.25) is 5.91 Å². The van der Waals surface area contributed by atoms with Crippen LogP contribution in [0.15, 0.2) is 47.4 Å². The monoisotopic (exact) mass is 443 g/mol. The van der Waals surface area contributed by atoms with Gasteiger partial charge in [-0.1, -0.05) is 39.0 Å². The Labute approximate surface area is 184 Å². The van der Waals surface area contributed by atoms with Gasteiger partial charge in [-0.15, -0.1) is 0 Å². The molecule has 0 radical (unpaired) electrons. The van der Waals surface area contributed by atoms with Gasteiger partial charge >= 0.3 is 0 Å². The Hall–Kier alpha value is -2.54. The lowest BCUT2D eigenvalue weighted by atomic mass is 9.80. The minimum Gasteiger partial charge on any atom is -0.497 e. The summed E-state index contributed by atoms with van der Waals surface area (Å²) in [4.78, 5) is 15.0. The van der Waals surface area contributed by atoms with Crippen molar-refractivity contribution in [3.8, 4) is 11.5 Å². The molecule has 0 aromatic heterocycles. The second-order valence-corrected chi connectivity index (χ2v) is 11.7. The van der Waals surface area contributed by atoms with Crippen molar-refractivity contribution in [3.05, 3.63) is 53.6 Å². The molecule has 2 aliphatic rings. The summed E-state index contributed by atoms with van der Waals surface area (Å²) in [5.74, 6) is 0.227. The number of hydrogen-bond acceptors (Lipinski definition) is 5. The van der Waals surface area contributed by atoms with E-state index in [9.17, 15) is 13.2 Å². The minimum atomic E-state index is -3.92. The van der Waals surface area contributed by atoms with Gasteiger partial charge in [0, 0.05) is 25.5 Å². The van der Waals surface area contributed by atoms with Gasteiger partial charge in [0.15, 0.2) is 20.8 Å². The molecule has 2 aromatic carbocycles. The van der Waals surface area contributed by atoms with Crippen molar-refractivity contribution in [2.24, 2.45) is 0 Å². The third kappa shape index (κ3) is 3.39. The zero-order valence-corrected chi connectivity index (χ0v) is 19.6. The van der Waals surface area contributed by atoms with Crippen LogP contribution in [0, 0.1) is 0 Å². The number of nitrogens with zero attached hydrogens (tertiary/aromatic N) is 1. The molecule has 2 heterocycles. The van der Waals surface area contributed by atoms with E-state index in [0.29, 0.717) is 17.9 Å². The first-order chi connectivity index (χ1) is 14.4. The lowest BCUT2D eigenvalue weighted by Gasteiger charge is -2.51. The molecule has 0 aliphatic carbocycles. The lowest BCUT2D eigenvalue weighted by molar-refractivity contribution is -0.159. The lowest BCUT2D eigenvalue weighted by Crippen LogP contribution is -2.64. The second-order valence-electron chi connectivity index (χ2n) is 9.63. The van der Waals surface area contributed by atoms with Crippen LogP contribution in [0.25, 0.3) is 0 Å². The SMILES string of the molecule is COc1ccc2c(c1)O[C@@]1(C)C[C@H]2[C@@H](S(=O)(=O)c2ccc(C(C)(C)C)cc2)C(=O)N1C. The largest absolute Gasteiger partial charge is 0.497 e. The van der Waals surface area contributed by atoms with E-state index in [2.05, 4.69) is 20.8 Å². The molecule has 7 heteroatoms. The maximum atomic E-state index is 13.7. The van der Waals surface area contributed by atoms with Gasteiger partial charge < -0.3 is 14.4 Å². The summed E-state index contributed by atoms with van der Waals surface area (Å²) in [6.45, 7) is 8.04. The zero-order chi connectivity index (χ0) is 22.8. The number of amides is 1. The summed E-state index contributed by atoms with van der Waals surface area (Å²) in [5.41, 5.74) is 0.752. The molecule has 2 aromatic rings. The Balaban J connectivity index is 1.82. The van der Waals surface area contributed by atoms with Crippen molar-refractivity contribution in [3.63, 3.8) is 0 Å². The second kappa shape index (κ2) is 6.99. The van der Waals surface area contributed by atoms with Crippen LogP contribution >= 0.6 is 0 Å². The third-order valence-electron chi connectivity index (χ3n) is 6.58. The molecule has 1 saturated heterocycles. The van der Waals surface area contributed by atoms with Crippen LogP contribution < -0.4 is 9.47 Å². The molecule has 31 heavy (non-hydrogen) atoms. The molecular formula is C24H29NO5S. The number of likely N-dealkylation sites (tertiary alicyclic amines) is 1. The Morgan fingerprint density at radius 2 is 1.77 bits per heavy atom. The Morgan fingerprint density at radius 1 is 1.13 bits per heavy atom. The molecule has 4 rings (SSSR count). The van der Waals surface area contributed by atoms with Crippen LogP contribution in [-0.4, -0.2) is 44.4 Å². The highest BCUT2D eigenvalue weighted by atomic mass is 32.2. The highest BCUT2D eigenvalue weighted by Gasteiger charge is 2.57. The van der Waals surface area contributed by atoms with Gasteiger partial charge in [0.05, 0.1) is 12.0 Å². The number of carbonyl (C=O) groups excluding carboxylic acids is 1. The average molecular weight is 444 g/mol. The van der Waals surface area contributed by atoms with E-state index in [1.165, 1.54) is 4.90 Å². The van der Waals surface area contributed by atoms with Gasteiger partial charge in [-0.2, -0.15) is 0 Å². The number of methoxy groups -OCH3 is 1. The number of hydrogen-bond donors (Lipinski definition) is 0. The summed E-state index contributed by atoms with van der Waals surface area (Å²) in [5, 5.41) is -1.21. The van der Waals surface area contributed by atoms with Crippen molar-refractivity contribution in [2.75, 3.05) is 14.2 Å². The van der Waals surface area contributed by atoms with Crippen molar-refractivity contribution < 1.29 is 22.7 Å². The molecule has 0 saturated carbocycles. The van der Waals surface area contributed by atoms with E-state index >= 15 is 0 Å². The van der Waals surface area contributed by atoms with E-state index in [0.717, 1.165) is 11.1 Å². The topological polar surface area (TPSA) is 72.9 Å². The molecule has 0 N–H and O–H groups in total. The van der Waals surface area contributed by atoms with E-state index in [1.54, 1.807) is 38.4 Å². The number of carbonyl (C=O) groups is 1. The molecule has 1 amide bonds. The number of fused-ring (bicyclic) bond motifs is 4. The van der Waals surface area contributed by atoms with Crippen LogP contribution in [0.3, 0.4) is 0 Å². The zero-order valence-electron chi connectivity index (χ0n) is 18.8. The maximum absolute atomic E-state index is 13.7. The summed E-state index contributed by atoms with van der Waals surface area (Å²) in [6, 6.07) is 12.2. The Kier molecular flexibility index (Phi) is 4.89. The predicted molar refractivity (Wildman–Crippen MR) is 118 cm³/mol. The molecule has 1 fully saturated rings. The summed E-state index contributed by atoms with van der Waals surface area (Å²) in [6.07, 6.45) is 0.401. The Bertz CT molecular complexity index is 1130. The minimum absolute atomic E-state index is 0.0936. The average Bonchev–Trinajstić information content (AvgIpc) is 2.71. The van der Waals surface area contributed by atoms with E-state index in [4.69, 9.17) is 9.47 Å². The molecule has 6 nitrogen and oxygen atoms in total. The standard InChI is InChI=1S/C24H29NO5S/c1-23(2,3)15-7-10-17(11-8-15)31(27,28)21-19-14-24(4,25(5)22(21)26)30-20-13-16(29-6)9-12-18(19)20/h7-13,19,21H,14H2,1-6H3/t19-,21-,24+/m1/s1. The van der Waals surface area contributed by atoms with E-state index in [1.807, 2.05) is 25.1 Å². The normalized spacial score (nSPS) is 25.6. The molecule has 0 spiro atoms. The molecule has 166 valence electrons. The molecule has 3 atom stereocenters. The third-order valence-corrected chi connectivity index (χ3v) is 8.71. The van der Waals surface area contributed by atoms with Crippen molar-refractivity contribution in [1.29, 1.82) is 0 Å². The highest BCUT2D eigenvalue weighted by Crippen LogP contribution is 2.50. The van der Waals surface area contributed by atoms with Crippen molar-refractivity contribution in [1.82, 2.24) is 4.90 Å². The Morgan fingerprint density at radius 3 is 2.35 bits per heavy atom. The first kappa shape index (κ1) is 21.7. The van der Waals surface area contributed by atoms with Crippen molar-refractivity contribution >= 4 is 15.7 Å². The van der Waals surface area contributed by atoms with Crippen LogP contribution in [0.1, 0.15) is 51.2 Å². The number of benzene rings is 2. The van der Waals surface area contributed by atoms with Gasteiger partial charge in [-0.3, -0.25) is 4.79 Å². The van der Waals surface area contributed by atoms with Gasteiger partial charge in [0.25, 0.3) is 0 Å². The number of ether oxygens (including phenoxy) is 2.